The van der Waals surface area contributed by atoms with Gasteiger partial charge in [-0.3, -0.25) is 19.3 Å². The lowest BCUT2D eigenvalue weighted by Crippen LogP contribution is -2.40. The summed E-state index contributed by atoms with van der Waals surface area (Å²) in [4.78, 5) is 43.8. The SMILES string of the molecule is O=C(OCC(=O)N1c2ccccc2Sc2ccccc21)C1CCN(C(=O)/C=C/c2ccccc2)CC1. The lowest BCUT2D eigenvalue weighted by molar-refractivity contribution is -0.154. The van der Waals surface area contributed by atoms with Crippen molar-refractivity contribution in [1.82, 2.24) is 4.90 Å². The average Bonchev–Trinajstić information content (AvgIpc) is 2.93. The van der Waals surface area contributed by atoms with Crippen molar-refractivity contribution in [2.75, 3.05) is 24.6 Å². The minimum atomic E-state index is -0.386. The van der Waals surface area contributed by atoms with Gasteiger partial charge in [0.2, 0.25) is 5.91 Å². The Morgan fingerprint density at radius 1 is 0.833 bits per heavy atom. The van der Waals surface area contributed by atoms with E-state index in [2.05, 4.69) is 0 Å². The van der Waals surface area contributed by atoms with Crippen molar-refractivity contribution >= 4 is 47.0 Å². The second-order valence-electron chi connectivity index (χ2n) is 8.72. The topological polar surface area (TPSA) is 66.9 Å². The standard InChI is InChI=1S/C29H26N2O4S/c32-27(15-14-21-8-2-1-3-9-21)30-18-16-22(17-19-30)29(34)35-20-28(33)31-23-10-4-6-12-25(23)36-26-13-7-5-11-24(26)31/h1-15,22H,16-20H2/b15-14+. The Morgan fingerprint density at radius 3 is 2.06 bits per heavy atom. The van der Waals surface area contributed by atoms with E-state index in [0.717, 1.165) is 26.7 Å². The minimum Gasteiger partial charge on any atom is -0.455 e. The molecule has 2 heterocycles. The molecule has 0 spiro atoms. The predicted molar refractivity (Wildman–Crippen MR) is 140 cm³/mol. The van der Waals surface area contributed by atoms with E-state index in [1.807, 2.05) is 78.9 Å². The Balaban J connectivity index is 1.16. The number of esters is 1. The van der Waals surface area contributed by atoms with Gasteiger partial charge >= 0.3 is 5.97 Å². The van der Waals surface area contributed by atoms with Crippen LogP contribution in [0, 0.1) is 5.92 Å². The number of carbonyl (C=O) groups excluding carboxylic acids is 3. The summed E-state index contributed by atoms with van der Waals surface area (Å²) in [6, 6.07) is 25.1. The van der Waals surface area contributed by atoms with E-state index in [9.17, 15) is 14.4 Å². The van der Waals surface area contributed by atoms with E-state index < -0.39 is 0 Å². The van der Waals surface area contributed by atoms with Gasteiger partial charge in [0.1, 0.15) is 0 Å². The summed E-state index contributed by atoms with van der Waals surface area (Å²) in [7, 11) is 0. The molecule has 0 N–H and O–H groups in total. The highest BCUT2D eigenvalue weighted by atomic mass is 32.2. The predicted octanol–water partition coefficient (Wildman–Crippen LogP) is 5.31. The van der Waals surface area contributed by atoms with E-state index in [-0.39, 0.29) is 30.3 Å². The highest BCUT2D eigenvalue weighted by Crippen LogP contribution is 2.47. The van der Waals surface area contributed by atoms with Gasteiger partial charge in [0.05, 0.1) is 17.3 Å². The number of carbonyl (C=O) groups is 3. The van der Waals surface area contributed by atoms with Crippen LogP contribution in [0.25, 0.3) is 6.08 Å². The van der Waals surface area contributed by atoms with Gasteiger partial charge in [-0.2, -0.15) is 0 Å². The minimum absolute atomic E-state index is 0.0684. The molecule has 0 atom stereocenters. The molecule has 2 aliphatic heterocycles. The van der Waals surface area contributed by atoms with E-state index in [0.29, 0.717) is 25.9 Å². The normalized spacial score (nSPS) is 15.3. The molecule has 0 unspecified atom stereocenters. The number of nitrogens with zero attached hydrogens (tertiary/aromatic N) is 2. The fraction of sp³-hybridized carbons (Fsp3) is 0.207. The van der Waals surface area contributed by atoms with Crippen molar-refractivity contribution in [2.24, 2.45) is 5.92 Å². The van der Waals surface area contributed by atoms with Crippen LogP contribution < -0.4 is 4.90 Å². The van der Waals surface area contributed by atoms with Crippen LogP contribution in [-0.2, 0) is 19.1 Å². The number of hydrogen-bond donors (Lipinski definition) is 0. The number of amides is 2. The van der Waals surface area contributed by atoms with Gasteiger partial charge in [-0.25, -0.2) is 0 Å². The van der Waals surface area contributed by atoms with Gasteiger partial charge in [-0.15, -0.1) is 0 Å². The first-order chi connectivity index (χ1) is 17.6. The van der Waals surface area contributed by atoms with E-state index in [1.54, 1.807) is 33.7 Å². The van der Waals surface area contributed by atoms with Crippen molar-refractivity contribution < 1.29 is 19.1 Å². The van der Waals surface area contributed by atoms with Crippen LogP contribution in [0.5, 0.6) is 0 Å². The molecular weight excluding hydrogens is 472 g/mol. The Kier molecular flexibility index (Phi) is 7.18. The first-order valence-corrected chi connectivity index (χ1v) is 12.8. The maximum Gasteiger partial charge on any atom is 0.309 e. The third-order valence-corrected chi connectivity index (χ3v) is 7.51. The van der Waals surface area contributed by atoms with Crippen molar-refractivity contribution in [1.29, 1.82) is 0 Å². The summed E-state index contributed by atoms with van der Waals surface area (Å²) in [6.45, 7) is 0.636. The summed E-state index contributed by atoms with van der Waals surface area (Å²) >= 11 is 1.62. The number of likely N-dealkylation sites (tertiary alicyclic amines) is 1. The highest BCUT2D eigenvalue weighted by Gasteiger charge is 2.31. The van der Waals surface area contributed by atoms with Gasteiger partial charge in [0.25, 0.3) is 5.91 Å². The smallest absolute Gasteiger partial charge is 0.309 e. The van der Waals surface area contributed by atoms with Crippen LogP contribution in [0.4, 0.5) is 11.4 Å². The molecule has 36 heavy (non-hydrogen) atoms. The number of anilines is 2. The monoisotopic (exact) mass is 498 g/mol. The summed E-state index contributed by atoms with van der Waals surface area (Å²) in [6.07, 6.45) is 4.40. The lowest BCUT2D eigenvalue weighted by atomic mass is 9.97. The molecule has 0 aliphatic carbocycles. The van der Waals surface area contributed by atoms with Crippen LogP contribution in [0.2, 0.25) is 0 Å². The molecule has 1 saturated heterocycles. The van der Waals surface area contributed by atoms with Gasteiger partial charge in [-0.1, -0.05) is 66.4 Å². The van der Waals surface area contributed by atoms with Crippen molar-refractivity contribution in [3.63, 3.8) is 0 Å². The van der Waals surface area contributed by atoms with E-state index >= 15 is 0 Å². The molecule has 6 nitrogen and oxygen atoms in total. The maximum atomic E-state index is 13.2. The zero-order valence-corrected chi connectivity index (χ0v) is 20.5. The Labute approximate surface area is 214 Å². The number of benzene rings is 3. The number of hydrogen-bond acceptors (Lipinski definition) is 5. The summed E-state index contributed by atoms with van der Waals surface area (Å²) in [5.41, 5.74) is 2.54. The summed E-state index contributed by atoms with van der Waals surface area (Å²) in [5.74, 6) is -1.07. The molecule has 5 rings (SSSR count). The molecular formula is C29H26N2O4S. The van der Waals surface area contributed by atoms with Crippen molar-refractivity contribution in [3.05, 3.63) is 90.5 Å². The zero-order chi connectivity index (χ0) is 24.9. The fourth-order valence-electron chi connectivity index (χ4n) is 4.46. The molecule has 3 aromatic carbocycles. The largest absolute Gasteiger partial charge is 0.455 e. The Morgan fingerprint density at radius 2 is 1.42 bits per heavy atom. The molecule has 0 saturated carbocycles. The molecule has 0 aromatic heterocycles. The Bertz CT molecular complexity index is 1250. The van der Waals surface area contributed by atoms with Gasteiger partial charge < -0.3 is 9.64 Å². The molecule has 0 bridgehead atoms. The van der Waals surface area contributed by atoms with E-state index in [1.165, 1.54) is 0 Å². The second-order valence-corrected chi connectivity index (χ2v) is 9.80. The van der Waals surface area contributed by atoms with Gasteiger partial charge in [-0.05, 0) is 48.7 Å². The van der Waals surface area contributed by atoms with Crippen LogP contribution in [0.1, 0.15) is 18.4 Å². The van der Waals surface area contributed by atoms with E-state index in [4.69, 9.17) is 4.74 Å². The molecule has 3 aromatic rings. The second kappa shape index (κ2) is 10.8. The number of para-hydroxylation sites is 2. The quantitative estimate of drug-likeness (QED) is 0.352. The maximum absolute atomic E-state index is 13.2. The van der Waals surface area contributed by atoms with Gasteiger partial charge in [0, 0.05) is 29.0 Å². The Hall–Kier alpha value is -3.84. The average molecular weight is 499 g/mol. The third-order valence-electron chi connectivity index (χ3n) is 6.38. The first-order valence-electron chi connectivity index (χ1n) is 12.0. The fourth-order valence-corrected chi connectivity index (χ4v) is 5.52. The summed E-state index contributed by atoms with van der Waals surface area (Å²) in [5, 5.41) is 0. The first kappa shape index (κ1) is 23.9. The van der Waals surface area contributed by atoms with Crippen molar-refractivity contribution in [2.45, 2.75) is 22.6 Å². The van der Waals surface area contributed by atoms with Crippen LogP contribution in [-0.4, -0.2) is 42.4 Å². The molecule has 2 aliphatic rings. The molecule has 1 fully saturated rings. The molecule has 182 valence electrons. The highest BCUT2D eigenvalue weighted by molar-refractivity contribution is 7.99. The van der Waals surface area contributed by atoms with Crippen LogP contribution in [0.15, 0.2) is 94.7 Å². The lowest BCUT2D eigenvalue weighted by Gasteiger charge is -2.32. The third kappa shape index (κ3) is 5.21. The molecule has 2 amide bonds. The van der Waals surface area contributed by atoms with Crippen molar-refractivity contribution in [3.8, 4) is 0 Å². The number of ether oxygens (including phenoxy) is 1. The zero-order valence-electron chi connectivity index (χ0n) is 19.7. The van der Waals surface area contributed by atoms with Crippen LogP contribution in [0.3, 0.4) is 0 Å². The van der Waals surface area contributed by atoms with Crippen LogP contribution >= 0.6 is 11.8 Å². The molecule has 0 radical (unpaired) electrons. The van der Waals surface area contributed by atoms with Gasteiger partial charge in [0.15, 0.2) is 6.61 Å². The number of rotatable bonds is 5. The number of piperidine rings is 1. The summed E-state index contributed by atoms with van der Waals surface area (Å²) < 4.78 is 5.47. The molecule has 7 heteroatoms. The number of fused-ring (bicyclic) bond motifs is 2.